The third-order valence-corrected chi connectivity index (χ3v) is 1.58. The van der Waals surface area contributed by atoms with Gasteiger partial charge in [0.2, 0.25) is 0 Å². The zero-order chi connectivity index (χ0) is 13.7. The summed E-state index contributed by atoms with van der Waals surface area (Å²) in [5.41, 5.74) is 0. The molecule has 1 aromatic carbocycles. The van der Waals surface area contributed by atoms with E-state index in [0.29, 0.717) is 0 Å². The molecule has 0 aliphatic carbocycles. The van der Waals surface area contributed by atoms with Gasteiger partial charge in [0.1, 0.15) is 17.2 Å². The van der Waals surface area contributed by atoms with Crippen molar-refractivity contribution in [3.63, 3.8) is 0 Å². The molecule has 96 valence electrons. The summed E-state index contributed by atoms with van der Waals surface area (Å²) in [6.45, 7) is 0. The molecule has 1 aromatic rings. The maximum Gasteiger partial charge on any atom is 0.707 e. The Balaban J connectivity index is 2.95. The Morgan fingerprint density at radius 1 is 0.556 bits per heavy atom. The Bertz CT molecular complexity index is 315. The fourth-order valence-electron chi connectivity index (χ4n) is 1.11. The molecule has 6 N–H and O–H groups in total. The van der Waals surface area contributed by atoms with E-state index >= 15 is 0 Å². The molecule has 0 radical (unpaired) electrons. The minimum atomic E-state index is -2.12. The Hall–Kier alpha value is -1.43. The SMILES string of the molecule is OB(O)Oc1cc(OB(O)O)cc(OB(O)O)c1. The molecule has 0 spiro atoms. The van der Waals surface area contributed by atoms with E-state index < -0.39 is 22.0 Å². The highest BCUT2D eigenvalue weighted by molar-refractivity contribution is 6.34. The predicted molar refractivity (Wildman–Crippen MR) is 58.9 cm³/mol. The molecule has 12 heteroatoms. The summed E-state index contributed by atoms with van der Waals surface area (Å²) in [5, 5.41) is 51.6. The van der Waals surface area contributed by atoms with Crippen molar-refractivity contribution >= 4 is 22.0 Å². The van der Waals surface area contributed by atoms with Crippen LogP contribution >= 0.6 is 0 Å². The molecule has 0 unspecified atom stereocenters. The lowest BCUT2D eigenvalue weighted by molar-refractivity contribution is 0.278. The summed E-state index contributed by atoms with van der Waals surface area (Å²) in [6.07, 6.45) is 0. The predicted octanol–water partition coefficient (Wildman–Crippen LogP) is -3.27. The van der Waals surface area contributed by atoms with Gasteiger partial charge in [-0.25, -0.2) is 0 Å². The van der Waals surface area contributed by atoms with Crippen LogP contribution in [-0.4, -0.2) is 52.1 Å². The fourth-order valence-corrected chi connectivity index (χ4v) is 1.11. The number of hydrogen-bond acceptors (Lipinski definition) is 9. The van der Waals surface area contributed by atoms with Gasteiger partial charge < -0.3 is 44.1 Å². The van der Waals surface area contributed by atoms with Gasteiger partial charge >= 0.3 is 22.0 Å². The van der Waals surface area contributed by atoms with E-state index in [9.17, 15) is 0 Å². The van der Waals surface area contributed by atoms with E-state index in [1.54, 1.807) is 0 Å². The van der Waals surface area contributed by atoms with Crippen molar-refractivity contribution in [2.75, 3.05) is 0 Å². The summed E-state index contributed by atoms with van der Waals surface area (Å²) in [5.74, 6) is -0.503. The van der Waals surface area contributed by atoms with E-state index in [2.05, 4.69) is 14.0 Å². The highest BCUT2D eigenvalue weighted by Crippen LogP contribution is 2.28. The third kappa shape index (κ3) is 5.27. The van der Waals surface area contributed by atoms with Crippen LogP contribution in [0.2, 0.25) is 0 Å². The second-order valence-corrected chi connectivity index (χ2v) is 2.97. The fraction of sp³-hybridized carbons (Fsp3) is 0. The van der Waals surface area contributed by atoms with E-state index in [0.717, 1.165) is 18.2 Å². The summed E-state index contributed by atoms with van der Waals surface area (Å²) in [4.78, 5) is 0. The quantitative estimate of drug-likeness (QED) is 0.289. The molecule has 0 aliphatic heterocycles. The van der Waals surface area contributed by atoms with Crippen molar-refractivity contribution < 1.29 is 44.1 Å². The van der Waals surface area contributed by atoms with Gasteiger partial charge in [-0.3, -0.25) is 0 Å². The first-order valence-corrected chi connectivity index (χ1v) is 4.60. The van der Waals surface area contributed by atoms with Crippen LogP contribution in [0.3, 0.4) is 0 Å². The van der Waals surface area contributed by atoms with Crippen molar-refractivity contribution in [1.29, 1.82) is 0 Å². The second kappa shape index (κ2) is 6.49. The van der Waals surface area contributed by atoms with Gasteiger partial charge in [-0.05, 0) is 0 Å². The van der Waals surface area contributed by atoms with Crippen LogP contribution < -0.4 is 14.0 Å². The Labute approximate surface area is 102 Å². The van der Waals surface area contributed by atoms with Crippen LogP contribution in [-0.2, 0) is 0 Å². The molecule has 0 aliphatic rings. The van der Waals surface area contributed by atoms with Gasteiger partial charge in [0.15, 0.2) is 0 Å². The van der Waals surface area contributed by atoms with Crippen LogP contribution in [0.1, 0.15) is 0 Å². The van der Waals surface area contributed by atoms with Crippen molar-refractivity contribution in [3.05, 3.63) is 18.2 Å². The molecular formula is C6H9B3O9. The molecule has 0 bridgehead atoms. The van der Waals surface area contributed by atoms with Gasteiger partial charge in [-0.15, -0.1) is 0 Å². The first-order valence-electron chi connectivity index (χ1n) is 4.60. The number of benzene rings is 1. The summed E-state index contributed by atoms with van der Waals surface area (Å²) >= 11 is 0. The van der Waals surface area contributed by atoms with E-state index in [1.807, 2.05) is 0 Å². The van der Waals surface area contributed by atoms with E-state index in [4.69, 9.17) is 30.1 Å². The summed E-state index contributed by atoms with van der Waals surface area (Å²) < 4.78 is 13.4. The molecule has 9 nitrogen and oxygen atoms in total. The van der Waals surface area contributed by atoms with Gasteiger partial charge in [0, 0.05) is 18.2 Å². The van der Waals surface area contributed by atoms with Crippen LogP contribution in [0.15, 0.2) is 18.2 Å². The molecule has 1 rings (SSSR count). The summed E-state index contributed by atoms with van der Waals surface area (Å²) in [7, 11) is -6.36. The van der Waals surface area contributed by atoms with Gasteiger partial charge in [0.25, 0.3) is 0 Å². The summed E-state index contributed by atoms with van der Waals surface area (Å²) in [6, 6.07) is 3.28. The Morgan fingerprint density at radius 2 is 0.778 bits per heavy atom. The maximum atomic E-state index is 8.61. The average molecular weight is 258 g/mol. The standard InChI is InChI=1S/C6H9B3O9/c10-7(11)16-4-1-5(17-8(12)13)3-6(2-4)18-9(14)15/h1-3,10-15H. The first kappa shape index (κ1) is 14.6. The molecular weight excluding hydrogens is 248 g/mol. The largest absolute Gasteiger partial charge is 0.707 e. The molecule has 0 amide bonds. The third-order valence-electron chi connectivity index (χ3n) is 1.58. The van der Waals surface area contributed by atoms with Crippen LogP contribution in [0.4, 0.5) is 0 Å². The lowest BCUT2D eigenvalue weighted by atomic mass is 10.2. The van der Waals surface area contributed by atoms with Gasteiger partial charge in [0.05, 0.1) is 0 Å². The monoisotopic (exact) mass is 258 g/mol. The van der Waals surface area contributed by atoms with Gasteiger partial charge in [-0.2, -0.15) is 0 Å². The lowest BCUT2D eigenvalue weighted by Crippen LogP contribution is -2.23. The Morgan fingerprint density at radius 3 is 0.944 bits per heavy atom. The average Bonchev–Trinajstić information content (AvgIpc) is 2.12. The van der Waals surface area contributed by atoms with Crippen molar-refractivity contribution in [2.45, 2.75) is 0 Å². The zero-order valence-corrected chi connectivity index (χ0v) is 8.87. The second-order valence-electron chi connectivity index (χ2n) is 2.97. The highest BCUT2D eigenvalue weighted by Gasteiger charge is 2.18. The molecule has 18 heavy (non-hydrogen) atoms. The smallest absolute Gasteiger partial charge is 0.512 e. The topological polar surface area (TPSA) is 149 Å². The first-order chi connectivity index (χ1) is 8.36. The lowest BCUT2D eigenvalue weighted by Gasteiger charge is -2.12. The van der Waals surface area contributed by atoms with Crippen molar-refractivity contribution in [2.24, 2.45) is 0 Å². The molecule has 0 fully saturated rings. The molecule has 0 saturated heterocycles. The zero-order valence-electron chi connectivity index (χ0n) is 8.87. The molecule has 0 atom stereocenters. The van der Waals surface area contributed by atoms with Crippen molar-refractivity contribution in [3.8, 4) is 17.2 Å². The minimum Gasteiger partial charge on any atom is -0.512 e. The Kier molecular flexibility index (Phi) is 5.28. The van der Waals surface area contributed by atoms with Crippen LogP contribution in [0.25, 0.3) is 0 Å². The molecule has 0 heterocycles. The molecule has 0 aromatic heterocycles. The normalized spacial score (nSPS) is 9.67. The highest BCUT2D eigenvalue weighted by atomic mass is 16.6. The van der Waals surface area contributed by atoms with Crippen LogP contribution in [0.5, 0.6) is 17.2 Å². The molecule has 0 saturated carbocycles. The number of hydrogen-bond donors (Lipinski definition) is 6. The van der Waals surface area contributed by atoms with Crippen molar-refractivity contribution in [1.82, 2.24) is 0 Å². The number of rotatable bonds is 6. The minimum absolute atomic E-state index is 0.168. The van der Waals surface area contributed by atoms with Crippen LogP contribution in [0, 0.1) is 0 Å². The van der Waals surface area contributed by atoms with Gasteiger partial charge in [-0.1, -0.05) is 0 Å². The van der Waals surface area contributed by atoms with E-state index in [-0.39, 0.29) is 17.2 Å². The van der Waals surface area contributed by atoms with E-state index in [1.165, 1.54) is 0 Å². The maximum absolute atomic E-state index is 8.61.